The largest absolute Gasteiger partial charge is 0.345 e. The van der Waals surface area contributed by atoms with Gasteiger partial charge in [-0.15, -0.1) is 0 Å². The van der Waals surface area contributed by atoms with E-state index in [1.165, 1.54) is 38.4 Å². The molecule has 1 aromatic carbocycles. The topological polar surface area (TPSA) is 69.7 Å². The van der Waals surface area contributed by atoms with Gasteiger partial charge in [-0.05, 0) is 43.7 Å². The minimum absolute atomic E-state index is 0.124. The lowest BCUT2D eigenvalue weighted by molar-refractivity contribution is 0.179. The van der Waals surface area contributed by atoms with E-state index >= 15 is 0 Å². The molecule has 1 N–H and O–H groups in total. The Morgan fingerprint density at radius 2 is 1.74 bits per heavy atom. The third-order valence-electron chi connectivity index (χ3n) is 4.95. The summed E-state index contributed by atoms with van der Waals surface area (Å²) in [7, 11) is -2.53. The van der Waals surface area contributed by atoms with Crippen molar-refractivity contribution in [1.29, 1.82) is 0 Å². The zero-order chi connectivity index (χ0) is 16.6. The Balaban J connectivity index is 1.66. The van der Waals surface area contributed by atoms with E-state index in [-0.39, 0.29) is 4.90 Å². The van der Waals surface area contributed by atoms with Crippen molar-refractivity contribution in [3.8, 4) is 0 Å². The van der Waals surface area contributed by atoms with Crippen LogP contribution in [0.4, 0.5) is 4.79 Å². The maximum absolute atomic E-state index is 12.5. The summed E-state index contributed by atoms with van der Waals surface area (Å²) in [6.45, 7) is 3.51. The number of sulfonamides is 1. The van der Waals surface area contributed by atoms with Gasteiger partial charge in [0.15, 0.2) is 0 Å². The Morgan fingerprint density at radius 1 is 1.17 bits per heavy atom. The Bertz CT molecular complexity index is 675. The first-order chi connectivity index (χ1) is 10.9. The summed E-state index contributed by atoms with van der Waals surface area (Å²) in [6.07, 6.45) is 3.67. The van der Waals surface area contributed by atoms with E-state index in [1.807, 2.05) is 11.9 Å². The lowest BCUT2D eigenvalue weighted by atomic mass is 10.0. The first kappa shape index (κ1) is 16.3. The number of nitrogens with one attached hydrogen (secondary N) is 1. The van der Waals surface area contributed by atoms with E-state index in [9.17, 15) is 13.2 Å². The molecule has 23 heavy (non-hydrogen) atoms. The number of nitrogens with zero attached hydrogens (tertiary/aromatic N) is 2. The van der Waals surface area contributed by atoms with Gasteiger partial charge in [0.05, 0.1) is 4.90 Å². The van der Waals surface area contributed by atoms with Gasteiger partial charge in [-0.3, -0.25) is 5.43 Å². The second-order valence-electron chi connectivity index (χ2n) is 6.56. The SMILES string of the molecule is Cc1ccc(S(=O)(=O)N(C)C(=O)NN2CC3CCCC3C2)cc1. The summed E-state index contributed by atoms with van der Waals surface area (Å²) in [4.78, 5) is 12.4. The minimum atomic E-state index is -3.82. The maximum atomic E-state index is 12.5. The van der Waals surface area contributed by atoms with E-state index in [0.717, 1.165) is 23.0 Å². The zero-order valence-electron chi connectivity index (χ0n) is 13.5. The van der Waals surface area contributed by atoms with Gasteiger partial charge in [0, 0.05) is 20.1 Å². The van der Waals surface area contributed by atoms with Crippen LogP contribution in [0.25, 0.3) is 0 Å². The fourth-order valence-electron chi connectivity index (χ4n) is 3.51. The Morgan fingerprint density at radius 3 is 2.30 bits per heavy atom. The van der Waals surface area contributed by atoms with E-state index in [2.05, 4.69) is 5.43 Å². The molecule has 2 atom stereocenters. The first-order valence-corrected chi connectivity index (χ1v) is 9.43. The van der Waals surface area contributed by atoms with Crippen molar-refractivity contribution < 1.29 is 13.2 Å². The number of rotatable bonds is 3. The second kappa shape index (κ2) is 6.13. The van der Waals surface area contributed by atoms with Crippen LogP contribution in [-0.4, -0.2) is 43.9 Å². The number of carbonyl (C=O) groups is 1. The second-order valence-corrected chi connectivity index (χ2v) is 8.53. The molecular formula is C16H23N3O3S. The van der Waals surface area contributed by atoms with Crippen molar-refractivity contribution in [2.75, 3.05) is 20.1 Å². The van der Waals surface area contributed by atoms with E-state index in [0.29, 0.717) is 11.8 Å². The van der Waals surface area contributed by atoms with E-state index in [4.69, 9.17) is 0 Å². The fourth-order valence-corrected chi connectivity index (χ4v) is 4.56. The molecule has 2 aliphatic rings. The van der Waals surface area contributed by atoms with Crippen LogP contribution in [0.5, 0.6) is 0 Å². The molecule has 1 aromatic rings. The van der Waals surface area contributed by atoms with Crippen molar-refractivity contribution in [3.63, 3.8) is 0 Å². The molecule has 0 radical (unpaired) electrons. The van der Waals surface area contributed by atoms with Gasteiger partial charge in [0.1, 0.15) is 0 Å². The standard InChI is InChI=1S/C16H23N3O3S/c1-12-6-8-15(9-7-12)23(21,22)18(2)16(20)17-19-10-13-4-3-5-14(13)11-19/h6-9,13-14H,3-5,10-11H2,1-2H3,(H,17,20). The van der Waals surface area contributed by atoms with Crippen molar-refractivity contribution in [1.82, 2.24) is 14.7 Å². The number of amides is 2. The highest BCUT2D eigenvalue weighted by atomic mass is 32.2. The van der Waals surface area contributed by atoms with Crippen LogP contribution >= 0.6 is 0 Å². The molecule has 2 unspecified atom stereocenters. The predicted molar refractivity (Wildman–Crippen MR) is 87.1 cm³/mol. The van der Waals surface area contributed by atoms with Crippen LogP contribution in [0, 0.1) is 18.8 Å². The molecule has 1 saturated carbocycles. The molecule has 1 saturated heterocycles. The third-order valence-corrected chi connectivity index (χ3v) is 6.70. The minimum Gasteiger partial charge on any atom is -0.270 e. The molecule has 126 valence electrons. The first-order valence-electron chi connectivity index (χ1n) is 7.99. The summed E-state index contributed by atoms with van der Waals surface area (Å²) < 4.78 is 25.8. The monoisotopic (exact) mass is 337 g/mol. The van der Waals surface area contributed by atoms with Gasteiger partial charge >= 0.3 is 6.03 Å². The van der Waals surface area contributed by atoms with Gasteiger partial charge in [0.25, 0.3) is 10.0 Å². The zero-order valence-corrected chi connectivity index (χ0v) is 14.3. The van der Waals surface area contributed by atoms with Crippen LogP contribution in [0.3, 0.4) is 0 Å². The predicted octanol–water partition coefficient (Wildman–Crippen LogP) is 1.97. The number of hydrogen-bond acceptors (Lipinski definition) is 4. The molecule has 0 bridgehead atoms. The fraction of sp³-hybridized carbons (Fsp3) is 0.562. The highest BCUT2D eigenvalue weighted by Crippen LogP contribution is 2.36. The van der Waals surface area contributed by atoms with Crippen LogP contribution in [0.2, 0.25) is 0 Å². The smallest absolute Gasteiger partial charge is 0.270 e. The molecule has 2 fully saturated rings. The number of carbonyl (C=O) groups excluding carboxylic acids is 1. The number of hydrogen-bond donors (Lipinski definition) is 1. The van der Waals surface area contributed by atoms with Crippen LogP contribution in [0.15, 0.2) is 29.2 Å². The van der Waals surface area contributed by atoms with E-state index < -0.39 is 16.1 Å². The summed E-state index contributed by atoms with van der Waals surface area (Å²) in [6, 6.07) is 5.88. The lowest BCUT2D eigenvalue weighted by Gasteiger charge is -2.23. The quantitative estimate of drug-likeness (QED) is 0.915. The summed E-state index contributed by atoms with van der Waals surface area (Å²) in [5.41, 5.74) is 3.71. The van der Waals surface area contributed by atoms with Gasteiger partial charge in [-0.2, -0.15) is 0 Å². The van der Waals surface area contributed by atoms with Crippen molar-refractivity contribution >= 4 is 16.1 Å². The number of fused-ring (bicyclic) bond motifs is 1. The number of urea groups is 1. The van der Waals surface area contributed by atoms with Crippen molar-refractivity contribution in [3.05, 3.63) is 29.8 Å². The van der Waals surface area contributed by atoms with Gasteiger partial charge < -0.3 is 0 Å². The molecule has 3 rings (SSSR count). The highest BCUT2D eigenvalue weighted by molar-refractivity contribution is 7.89. The normalized spacial score (nSPS) is 24.4. The summed E-state index contributed by atoms with van der Waals surface area (Å²) in [5, 5.41) is 1.86. The number of benzene rings is 1. The Hall–Kier alpha value is -1.60. The summed E-state index contributed by atoms with van der Waals surface area (Å²) >= 11 is 0. The van der Waals surface area contributed by atoms with Crippen LogP contribution in [0.1, 0.15) is 24.8 Å². The highest BCUT2D eigenvalue weighted by Gasteiger charge is 2.37. The Kier molecular flexibility index (Phi) is 4.33. The molecule has 6 nitrogen and oxygen atoms in total. The van der Waals surface area contributed by atoms with Gasteiger partial charge in [-0.1, -0.05) is 24.1 Å². The van der Waals surface area contributed by atoms with E-state index in [1.54, 1.807) is 12.1 Å². The van der Waals surface area contributed by atoms with Crippen LogP contribution < -0.4 is 5.43 Å². The average Bonchev–Trinajstić information content (AvgIpc) is 3.08. The van der Waals surface area contributed by atoms with Crippen LogP contribution in [-0.2, 0) is 10.0 Å². The van der Waals surface area contributed by atoms with Crippen molar-refractivity contribution in [2.24, 2.45) is 11.8 Å². The lowest BCUT2D eigenvalue weighted by Crippen LogP contribution is -2.48. The molecule has 0 aromatic heterocycles. The molecule has 7 heteroatoms. The molecule has 0 spiro atoms. The maximum Gasteiger partial charge on any atom is 0.345 e. The third kappa shape index (κ3) is 3.21. The van der Waals surface area contributed by atoms with Crippen molar-refractivity contribution in [2.45, 2.75) is 31.1 Å². The molecule has 2 amide bonds. The average molecular weight is 337 g/mol. The number of aryl methyl sites for hydroxylation is 1. The summed E-state index contributed by atoms with van der Waals surface area (Å²) in [5.74, 6) is 1.27. The molecule has 1 aliphatic heterocycles. The molecule has 1 heterocycles. The van der Waals surface area contributed by atoms with Gasteiger partial charge in [0.2, 0.25) is 0 Å². The Labute approximate surface area is 137 Å². The number of hydrazine groups is 1. The molecule has 1 aliphatic carbocycles. The molecular weight excluding hydrogens is 314 g/mol. The van der Waals surface area contributed by atoms with Gasteiger partial charge in [-0.25, -0.2) is 22.5 Å².